The van der Waals surface area contributed by atoms with Crippen LogP contribution in [0, 0.1) is 6.92 Å². The summed E-state index contributed by atoms with van der Waals surface area (Å²) in [6, 6.07) is 10.4. The Morgan fingerprint density at radius 2 is 1.93 bits per heavy atom. The molecule has 27 heavy (non-hydrogen) atoms. The van der Waals surface area contributed by atoms with Gasteiger partial charge in [0.2, 0.25) is 5.91 Å². The molecule has 0 saturated carbocycles. The lowest BCUT2D eigenvalue weighted by Gasteiger charge is -2.10. The molecular formula is C21H19NO5. The summed E-state index contributed by atoms with van der Waals surface area (Å²) in [5.74, 6) is 0.684. The van der Waals surface area contributed by atoms with E-state index in [1.165, 1.54) is 25.5 Å². The van der Waals surface area contributed by atoms with Crippen molar-refractivity contribution in [2.24, 2.45) is 0 Å². The highest BCUT2D eigenvalue weighted by molar-refractivity contribution is 6.03. The van der Waals surface area contributed by atoms with E-state index in [0.29, 0.717) is 33.7 Å². The second kappa shape index (κ2) is 7.78. The molecule has 0 spiro atoms. The molecule has 1 aromatic heterocycles. The molecule has 2 aromatic carbocycles. The highest BCUT2D eigenvalue weighted by atomic mass is 16.5. The van der Waals surface area contributed by atoms with E-state index in [2.05, 4.69) is 5.32 Å². The fourth-order valence-corrected chi connectivity index (χ4v) is 2.62. The molecule has 1 heterocycles. The lowest BCUT2D eigenvalue weighted by molar-refractivity contribution is -0.111. The van der Waals surface area contributed by atoms with Crippen LogP contribution in [-0.4, -0.2) is 20.1 Å². The van der Waals surface area contributed by atoms with Crippen molar-refractivity contribution in [2.45, 2.75) is 6.92 Å². The quantitative estimate of drug-likeness (QED) is 0.697. The summed E-state index contributed by atoms with van der Waals surface area (Å²) in [7, 11) is 3.05. The molecule has 138 valence electrons. The zero-order chi connectivity index (χ0) is 19.4. The topological polar surface area (TPSA) is 77.8 Å². The summed E-state index contributed by atoms with van der Waals surface area (Å²) in [6.07, 6.45) is 4.05. The van der Waals surface area contributed by atoms with Crippen molar-refractivity contribution in [3.63, 3.8) is 0 Å². The Hall–Kier alpha value is -3.54. The lowest BCUT2D eigenvalue weighted by atomic mass is 10.1. The van der Waals surface area contributed by atoms with Crippen molar-refractivity contribution in [2.75, 3.05) is 19.5 Å². The fraction of sp³-hybridized carbons (Fsp3) is 0.143. The van der Waals surface area contributed by atoms with Gasteiger partial charge in [-0.3, -0.25) is 9.59 Å². The van der Waals surface area contributed by atoms with Crippen LogP contribution in [0.4, 0.5) is 5.69 Å². The van der Waals surface area contributed by atoms with Crippen molar-refractivity contribution in [1.29, 1.82) is 0 Å². The van der Waals surface area contributed by atoms with Gasteiger partial charge in [0.15, 0.2) is 5.43 Å². The number of ether oxygens (including phenoxy) is 2. The van der Waals surface area contributed by atoms with Crippen LogP contribution in [0.2, 0.25) is 0 Å². The minimum Gasteiger partial charge on any atom is -0.497 e. The number of amides is 1. The van der Waals surface area contributed by atoms with Crippen molar-refractivity contribution in [3.05, 3.63) is 70.1 Å². The Morgan fingerprint density at radius 1 is 1.11 bits per heavy atom. The van der Waals surface area contributed by atoms with E-state index in [4.69, 9.17) is 13.9 Å². The third-order valence-electron chi connectivity index (χ3n) is 4.04. The van der Waals surface area contributed by atoms with Crippen LogP contribution >= 0.6 is 0 Å². The molecule has 0 aliphatic carbocycles. The summed E-state index contributed by atoms with van der Waals surface area (Å²) in [6.45, 7) is 1.90. The van der Waals surface area contributed by atoms with E-state index in [1.807, 2.05) is 13.0 Å². The number of benzene rings is 2. The van der Waals surface area contributed by atoms with Gasteiger partial charge >= 0.3 is 0 Å². The van der Waals surface area contributed by atoms with E-state index >= 15 is 0 Å². The van der Waals surface area contributed by atoms with Gasteiger partial charge in [-0.1, -0.05) is 11.6 Å². The number of fused-ring (bicyclic) bond motifs is 1. The summed E-state index contributed by atoms with van der Waals surface area (Å²) in [5.41, 5.74) is 2.07. The minimum absolute atomic E-state index is 0.189. The zero-order valence-corrected chi connectivity index (χ0v) is 15.2. The first-order chi connectivity index (χ1) is 13.0. The molecular weight excluding hydrogens is 346 g/mol. The molecule has 1 amide bonds. The molecule has 0 aliphatic rings. The van der Waals surface area contributed by atoms with Gasteiger partial charge in [0, 0.05) is 12.1 Å². The van der Waals surface area contributed by atoms with E-state index in [0.717, 1.165) is 5.56 Å². The standard InChI is InChI=1S/C21H19NO5/c1-13-4-8-18-16(10-13)21(24)14(12-27-18)5-9-20(23)22-17-7-6-15(25-2)11-19(17)26-3/h4-12H,1-3H3,(H,22,23)/b9-5+. The van der Waals surface area contributed by atoms with Crippen LogP contribution in [0.3, 0.4) is 0 Å². The van der Waals surface area contributed by atoms with Gasteiger partial charge in [0.25, 0.3) is 0 Å². The molecule has 3 rings (SSSR count). The predicted molar refractivity (Wildman–Crippen MR) is 104 cm³/mol. The number of carbonyl (C=O) groups excluding carboxylic acids is 1. The first-order valence-corrected chi connectivity index (χ1v) is 8.25. The molecule has 0 unspecified atom stereocenters. The van der Waals surface area contributed by atoms with Gasteiger partial charge in [-0.2, -0.15) is 0 Å². The van der Waals surface area contributed by atoms with Gasteiger partial charge < -0.3 is 19.2 Å². The molecule has 6 heteroatoms. The van der Waals surface area contributed by atoms with Crippen molar-refractivity contribution in [1.82, 2.24) is 0 Å². The Labute approximate surface area is 156 Å². The van der Waals surface area contributed by atoms with Crippen LogP contribution in [0.1, 0.15) is 11.1 Å². The number of anilines is 1. The van der Waals surface area contributed by atoms with E-state index in [9.17, 15) is 9.59 Å². The monoisotopic (exact) mass is 365 g/mol. The highest BCUT2D eigenvalue weighted by Crippen LogP contribution is 2.29. The van der Waals surface area contributed by atoms with Crippen molar-refractivity contribution < 1.29 is 18.7 Å². The minimum atomic E-state index is -0.401. The fourth-order valence-electron chi connectivity index (χ4n) is 2.62. The first kappa shape index (κ1) is 18.3. The maximum Gasteiger partial charge on any atom is 0.248 e. The largest absolute Gasteiger partial charge is 0.497 e. The van der Waals surface area contributed by atoms with Gasteiger partial charge in [0.05, 0.1) is 30.9 Å². The molecule has 0 saturated heterocycles. The molecule has 0 aliphatic heterocycles. The van der Waals surface area contributed by atoms with Gasteiger partial charge in [-0.25, -0.2) is 0 Å². The van der Waals surface area contributed by atoms with Crippen LogP contribution in [0.15, 0.2) is 57.9 Å². The Balaban J connectivity index is 1.82. The van der Waals surface area contributed by atoms with E-state index in [1.54, 1.807) is 37.4 Å². The SMILES string of the molecule is COc1ccc(NC(=O)/C=C/c2coc3ccc(C)cc3c2=O)c(OC)c1. The smallest absolute Gasteiger partial charge is 0.248 e. The number of carbonyl (C=O) groups is 1. The predicted octanol–water partition coefficient (Wildman–Crippen LogP) is 3.77. The molecule has 3 aromatic rings. The highest BCUT2D eigenvalue weighted by Gasteiger charge is 2.08. The number of hydrogen-bond acceptors (Lipinski definition) is 5. The normalized spacial score (nSPS) is 10.9. The average molecular weight is 365 g/mol. The van der Waals surface area contributed by atoms with Gasteiger partial charge in [-0.15, -0.1) is 0 Å². The zero-order valence-electron chi connectivity index (χ0n) is 15.2. The molecule has 1 N–H and O–H groups in total. The average Bonchev–Trinajstić information content (AvgIpc) is 2.68. The number of nitrogens with one attached hydrogen (secondary N) is 1. The molecule has 0 bridgehead atoms. The van der Waals surface area contributed by atoms with Crippen LogP contribution in [-0.2, 0) is 4.79 Å². The second-order valence-corrected chi connectivity index (χ2v) is 5.91. The maximum atomic E-state index is 12.5. The Morgan fingerprint density at radius 3 is 2.67 bits per heavy atom. The third-order valence-corrected chi connectivity index (χ3v) is 4.04. The summed E-state index contributed by atoms with van der Waals surface area (Å²) in [5, 5.41) is 3.19. The summed E-state index contributed by atoms with van der Waals surface area (Å²) >= 11 is 0. The molecule has 0 radical (unpaired) electrons. The number of rotatable bonds is 5. The van der Waals surface area contributed by atoms with Crippen LogP contribution < -0.4 is 20.2 Å². The number of aryl methyl sites for hydroxylation is 1. The molecule has 0 atom stereocenters. The number of hydrogen-bond donors (Lipinski definition) is 1. The van der Waals surface area contributed by atoms with E-state index < -0.39 is 5.91 Å². The molecule has 6 nitrogen and oxygen atoms in total. The third kappa shape index (κ3) is 4.00. The second-order valence-electron chi connectivity index (χ2n) is 5.91. The first-order valence-electron chi connectivity index (χ1n) is 8.25. The van der Waals surface area contributed by atoms with Gasteiger partial charge in [-0.05, 0) is 37.3 Å². The maximum absolute atomic E-state index is 12.5. The van der Waals surface area contributed by atoms with Gasteiger partial charge in [0.1, 0.15) is 23.3 Å². The Bertz CT molecular complexity index is 1080. The van der Waals surface area contributed by atoms with Crippen LogP contribution in [0.25, 0.3) is 17.0 Å². The lowest BCUT2D eigenvalue weighted by Crippen LogP contribution is -2.10. The summed E-state index contributed by atoms with van der Waals surface area (Å²) in [4.78, 5) is 24.8. The summed E-state index contributed by atoms with van der Waals surface area (Å²) < 4.78 is 15.8. The Kier molecular flexibility index (Phi) is 5.26. The molecule has 0 fully saturated rings. The number of methoxy groups -OCH3 is 2. The van der Waals surface area contributed by atoms with E-state index in [-0.39, 0.29) is 5.43 Å². The van der Waals surface area contributed by atoms with Crippen LogP contribution in [0.5, 0.6) is 11.5 Å². The van der Waals surface area contributed by atoms with Crippen molar-refractivity contribution >= 4 is 28.6 Å². The van der Waals surface area contributed by atoms with Crippen molar-refractivity contribution in [3.8, 4) is 11.5 Å².